The zero-order chi connectivity index (χ0) is 18.9. The van der Waals surface area contributed by atoms with Crippen molar-refractivity contribution in [3.05, 3.63) is 65.2 Å². The maximum absolute atomic E-state index is 12.7. The van der Waals surface area contributed by atoms with Crippen LogP contribution in [-0.2, 0) is 17.6 Å². The van der Waals surface area contributed by atoms with Gasteiger partial charge in [-0.3, -0.25) is 9.59 Å². The highest BCUT2D eigenvalue weighted by molar-refractivity contribution is 6.00. The van der Waals surface area contributed by atoms with E-state index in [2.05, 4.69) is 6.92 Å². The third-order valence-corrected chi connectivity index (χ3v) is 5.79. The van der Waals surface area contributed by atoms with E-state index in [-0.39, 0.29) is 11.7 Å². The van der Waals surface area contributed by atoms with Crippen LogP contribution >= 0.6 is 0 Å². The van der Waals surface area contributed by atoms with E-state index < -0.39 is 5.60 Å². The maximum Gasteiger partial charge on any atom is 0.226 e. The van der Waals surface area contributed by atoms with Crippen molar-refractivity contribution in [3.63, 3.8) is 0 Å². The van der Waals surface area contributed by atoms with Crippen LogP contribution in [0.4, 0.5) is 0 Å². The summed E-state index contributed by atoms with van der Waals surface area (Å²) in [6.45, 7) is 3.36. The minimum atomic E-state index is -0.457. The van der Waals surface area contributed by atoms with Crippen LogP contribution in [0.1, 0.15) is 47.7 Å². The van der Waals surface area contributed by atoms with Crippen molar-refractivity contribution < 1.29 is 14.3 Å². The summed E-state index contributed by atoms with van der Waals surface area (Å²) in [4.78, 5) is 27.2. The number of Topliss-reactive ketones (excluding diaryl/α,β-unsaturated/α-hetero) is 1. The molecular formula is C23H25NO3. The molecule has 2 heterocycles. The number of ether oxygens (including phenoxy) is 1. The quantitative estimate of drug-likeness (QED) is 0.833. The lowest BCUT2D eigenvalue weighted by Gasteiger charge is -2.44. The summed E-state index contributed by atoms with van der Waals surface area (Å²) in [7, 11) is 0. The Balaban J connectivity index is 1.42. The van der Waals surface area contributed by atoms with Gasteiger partial charge in [-0.05, 0) is 29.7 Å². The van der Waals surface area contributed by atoms with Crippen molar-refractivity contribution in [1.29, 1.82) is 0 Å². The number of hydrogen-bond acceptors (Lipinski definition) is 3. The molecule has 1 saturated heterocycles. The van der Waals surface area contributed by atoms with Crippen molar-refractivity contribution >= 4 is 11.7 Å². The Labute approximate surface area is 160 Å². The molecule has 2 aromatic rings. The molecule has 27 heavy (non-hydrogen) atoms. The normalized spacial score (nSPS) is 18.1. The van der Waals surface area contributed by atoms with E-state index in [1.807, 2.05) is 53.4 Å². The predicted molar refractivity (Wildman–Crippen MR) is 104 cm³/mol. The smallest absolute Gasteiger partial charge is 0.226 e. The van der Waals surface area contributed by atoms with Crippen LogP contribution in [0, 0.1) is 0 Å². The standard InChI is InChI=1S/C23H25NO3/c1-2-17-8-9-21-19(14-17)20(25)16-23(27-21)10-12-24(13-11-23)22(26)15-18-6-4-3-5-7-18/h3-9,14H,2,10-13,15-16H2,1H3. The van der Waals surface area contributed by atoms with E-state index in [0.29, 0.717) is 50.1 Å². The zero-order valence-electron chi connectivity index (χ0n) is 15.7. The number of carbonyl (C=O) groups is 2. The lowest BCUT2D eigenvalue weighted by atomic mass is 9.82. The molecule has 4 nitrogen and oxygen atoms in total. The molecule has 0 bridgehead atoms. The number of rotatable bonds is 3. The number of benzene rings is 2. The largest absolute Gasteiger partial charge is 0.486 e. The van der Waals surface area contributed by atoms with E-state index in [4.69, 9.17) is 4.74 Å². The van der Waals surface area contributed by atoms with Crippen LogP contribution < -0.4 is 4.74 Å². The summed E-state index contributed by atoms with van der Waals surface area (Å²) in [5.41, 5.74) is 2.44. The Hall–Kier alpha value is -2.62. The van der Waals surface area contributed by atoms with Crippen LogP contribution in [-0.4, -0.2) is 35.3 Å². The number of piperidine rings is 1. The molecule has 0 radical (unpaired) electrons. The molecule has 140 valence electrons. The van der Waals surface area contributed by atoms with Crippen LogP contribution in [0.3, 0.4) is 0 Å². The minimum Gasteiger partial charge on any atom is -0.486 e. The molecule has 0 N–H and O–H groups in total. The lowest BCUT2D eigenvalue weighted by Crippen LogP contribution is -2.52. The molecule has 4 rings (SSSR count). The first-order valence-electron chi connectivity index (χ1n) is 9.75. The summed E-state index contributed by atoms with van der Waals surface area (Å²) < 4.78 is 6.32. The highest BCUT2D eigenvalue weighted by Gasteiger charge is 2.43. The van der Waals surface area contributed by atoms with Crippen molar-refractivity contribution in [2.45, 2.75) is 44.6 Å². The number of aryl methyl sites for hydroxylation is 1. The summed E-state index contributed by atoms with van der Waals surface area (Å²) in [5.74, 6) is 1.01. The molecule has 0 unspecified atom stereocenters. The number of hydrogen-bond donors (Lipinski definition) is 0. The van der Waals surface area contributed by atoms with E-state index >= 15 is 0 Å². The van der Waals surface area contributed by atoms with Crippen molar-refractivity contribution in [2.75, 3.05) is 13.1 Å². The molecular weight excluding hydrogens is 338 g/mol. The highest BCUT2D eigenvalue weighted by Crippen LogP contribution is 2.39. The van der Waals surface area contributed by atoms with Gasteiger partial charge in [-0.2, -0.15) is 0 Å². The summed E-state index contributed by atoms with van der Waals surface area (Å²) >= 11 is 0. The van der Waals surface area contributed by atoms with E-state index in [1.165, 1.54) is 0 Å². The van der Waals surface area contributed by atoms with Crippen LogP contribution in [0.25, 0.3) is 0 Å². The maximum atomic E-state index is 12.7. The van der Waals surface area contributed by atoms with Gasteiger partial charge >= 0.3 is 0 Å². The van der Waals surface area contributed by atoms with Crippen LogP contribution in [0.2, 0.25) is 0 Å². The number of carbonyl (C=O) groups excluding carboxylic acids is 2. The average Bonchev–Trinajstić information content (AvgIpc) is 2.69. The fourth-order valence-corrected chi connectivity index (χ4v) is 4.09. The monoisotopic (exact) mass is 363 g/mol. The predicted octanol–water partition coefficient (Wildman–Crippen LogP) is 3.82. The lowest BCUT2D eigenvalue weighted by molar-refractivity contribution is -0.134. The van der Waals surface area contributed by atoms with Gasteiger partial charge in [0, 0.05) is 25.9 Å². The molecule has 0 atom stereocenters. The molecule has 2 aromatic carbocycles. The van der Waals surface area contributed by atoms with Gasteiger partial charge in [0.2, 0.25) is 5.91 Å². The van der Waals surface area contributed by atoms with E-state index in [1.54, 1.807) is 0 Å². The number of fused-ring (bicyclic) bond motifs is 1. The van der Waals surface area contributed by atoms with E-state index in [9.17, 15) is 9.59 Å². The molecule has 0 aliphatic carbocycles. The Kier molecular flexibility index (Phi) is 4.73. The topological polar surface area (TPSA) is 46.6 Å². The number of likely N-dealkylation sites (tertiary alicyclic amines) is 1. The van der Waals surface area contributed by atoms with Crippen molar-refractivity contribution in [2.24, 2.45) is 0 Å². The third-order valence-electron chi connectivity index (χ3n) is 5.79. The van der Waals surface area contributed by atoms with Crippen molar-refractivity contribution in [1.82, 2.24) is 4.90 Å². The SMILES string of the molecule is CCc1ccc2c(c1)C(=O)CC1(CCN(C(=O)Cc3ccccc3)CC1)O2. The molecule has 1 amide bonds. The van der Waals surface area contributed by atoms with E-state index in [0.717, 1.165) is 17.5 Å². The van der Waals surface area contributed by atoms with Gasteiger partial charge in [-0.1, -0.05) is 43.3 Å². The number of amides is 1. The molecule has 1 fully saturated rings. The molecule has 2 aliphatic heterocycles. The first-order chi connectivity index (χ1) is 13.1. The minimum absolute atomic E-state index is 0.145. The van der Waals surface area contributed by atoms with Gasteiger partial charge in [0.15, 0.2) is 5.78 Å². The Bertz CT molecular complexity index is 851. The first kappa shape index (κ1) is 17.8. The second-order valence-electron chi connectivity index (χ2n) is 7.61. The third kappa shape index (κ3) is 3.61. The second-order valence-corrected chi connectivity index (χ2v) is 7.61. The first-order valence-corrected chi connectivity index (χ1v) is 9.75. The van der Waals surface area contributed by atoms with Crippen molar-refractivity contribution in [3.8, 4) is 5.75 Å². The summed E-state index contributed by atoms with van der Waals surface area (Å²) in [5, 5.41) is 0. The van der Waals surface area contributed by atoms with Gasteiger partial charge in [0.1, 0.15) is 11.4 Å². The average molecular weight is 363 g/mol. The summed E-state index contributed by atoms with van der Waals surface area (Å²) in [6, 6.07) is 15.7. The fraction of sp³-hybridized carbons (Fsp3) is 0.391. The van der Waals surface area contributed by atoms with Crippen LogP contribution in [0.15, 0.2) is 48.5 Å². The van der Waals surface area contributed by atoms with Gasteiger partial charge in [-0.15, -0.1) is 0 Å². The molecule has 0 saturated carbocycles. The summed E-state index contributed by atoms with van der Waals surface area (Å²) in [6.07, 6.45) is 3.15. The molecule has 1 spiro atoms. The second kappa shape index (κ2) is 7.18. The van der Waals surface area contributed by atoms with Crippen LogP contribution in [0.5, 0.6) is 5.75 Å². The van der Waals surface area contributed by atoms with Gasteiger partial charge in [-0.25, -0.2) is 0 Å². The number of nitrogens with zero attached hydrogens (tertiary/aromatic N) is 1. The van der Waals surface area contributed by atoms with Gasteiger partial charge < -0.3 is 9.64 Å². The van der Waals surface area contributed by atoms with Gasteiger partial charge in [0.25, 0.3) is 0 Å². The fourth-order valence-electron chi connectivity index (χ4n) is 4.09. The molecule has 2 aliphatic rings. The Morgan fingerprint density at radius 2 is 1.81 bits per heavy atom. The van der Waals surface area contributed by atoms with Gasteiger partial charge in [0.05, 0.1) is 18.4 Å². The Morgan fingerprint density at radius 3 is 2.52 bits per heavy atom. The highest BCUT2D eigenvalue weighted by atomic mass is 16.5. The Morgan fingerprint density at radius 1 is 1.07 bits per heavy atom. The zero-order valence-corrected chi connectivity index (χ0v) is 15.7. The molecule has 0 aromatic heterocycles. The molecule has 4 heteroatoms. The number of ketones is 1.